The van der Waals surface area contributed by atoms with Gasteiger partial charge in [-0.05, 0) is 55.2 Å². The van der Waals surface area contributed by atoms with E-state index in [-0.39, 0.29) is 4.90 Å². The molecular weight excluding hydrogens is 432 g/mol. The Morgan fingerprint density at radius 1 is 0.909 bits per heavy atom. The Kier molecular flexibility index (Phi) is 8.10. The molecule has 180 valence electrons. The van der Waals surface area contributed by atoms with Crippen LogP contribution in [0.25, 0.3) is 0 Å². The lowest BCUT2D eigenvalue weighted by atomic mass is 10.0. The lowest BCUT2D eigenvalue weighted by Crippen LogP contribution is -2.51. The van der Waals surface area contributed by atoms with E-state index in [0.717, 1.165) is 38.6 Å². The van der Waals surface area contributed by atoms with Crippen molar-refractivity contribution in [1.29, 1.82) is 0 Å². The highest BCUT2D eigenvalue weighted by atomic mass is 32.2. The fraction of sp³-hybridized carbons (Fsp3) is 0.556. The third-order valence-corrected chi connectivity index (χ3v) is 9.21. The minimum Gasteiger partial charge on any atom is -0.497 e. The van der Waals surface area contributed by atoms with Crippen LogP contribution in [0.2, 0.25) is 0 Å². The van der Waals surface area contributed by atoms with E-state index >= 15 is 0 Å². The summed E-state index contributed by atoms with van der Waals surface area (Å²) >= 11 is 0. The standard InChI is InChI=1S/C27H38N2O3S/c1-3-27(29-19-17-28(18-20-29)23-9-6-4-5-7-10-23)22-13-15-25(16-14-22)33(30,31)26-12-8-11-24(21-26)32-2/h8,11-16,21,23,27H,3-7,9-10,17-20H2,1-2H3. The Bertz CT molecular complexity index is 990. The van der Waals surface area contributed by atoms with Crippen LogP contribution >= 0.6 is 0 Å². The van der Waals surface area contributed by atoms with Gasteiger partial charge in [0, 0.05) is 38.3 Å². The van der Waals surface area contributed by atoms with Gasteiger partial charge in [-0.1, -0.05) is 50.8 Å². The molecule has 1 heterocycles. The second-order valence-electron chi connectivity index (χ2n) is 9.39. The van der Waals surface area contributed by atoms with Crippen LogP contribution in [-0.2, 0) is 9.84 Å². The Labute approximate surface area is 199 Å². The minimum absolute atomic E-state index is 0.260. The zero-order valence-electron chi connectivity index (χ0n) is 20.1. The molecule has 1 saturated carbocycles. The van der Waals surface area contributed by atoms with Gasteiger partial charge in [0.05, 0.1) is 16.9 Å². The number of hydrogen-bond acceptors (Lipinski definition) is 5. The molecular formula is C27H38N2O3S. The van der Waals surface area contributed by atoms with Gasteiger partial charge < -0.3 is 4.74 Å². The molecule has 0 spiro atoms. The molecule has 0 amide bonds. The largest absolute Gasteiger partial charge is 0.497 e. The van der Waals surface area contributed by atoms with Gasteiger partial charge in [0.15, 0.2) is 0 Å². The molecule has 4 rings (SSSR count). The maximum Gasteiger partial charge on any atom is 0.206 e. The molecule has 0 aromatic heterocycles. The second kappa shape index (κ2) is 11.0. The normalized spacial score (nSPS) is 20.3. The highest BCUT2D eigenvalue weighted by molar-refractivity contribution is 7.91. The van der Waals surface area contributed by atoms with Crippen molar-refractivity contribution in [2.45, 2.75) is 73.7 Å². The van der Waals surface area contributed by atoms with E-state index in [4.69, 9.17) is 4.74 Å². The van der Waals surface area contributed by atoms with E-state index in [1.54, 1.807) is 43.5 Å². The molecule has 1 saturated heterocycles. The van der Waals surface area contributed by atoms with Gasteiger partial charge in [-0.2, -0.15) is 0 Å². The third kappa shape index (κ3) is 5.61. The summed E-state index contributed by atoms with van der Waals surface area (Å²) in [5.74, 6) is 0.543. The number of ether oxygens (including phenoxy) is 1. The zero-order chi connectivity index (χ0) is 23.3. The molecule has 6 heteroatoms. The summed E-state index contributed by atoms with van der Waals surface area (Å²) in [6.07, 6.45) is 9.31. The Hall–Kier alpha value is -1.89. The van der Waals surface area contributed by atoms with E-state index in [1.807, 2.05) is 12.1 Å². The smallest absolute Gasteiger partial charge is 0.206 e. The van der Waals surface area contributed by atoms with Crippen LogP contribution in [0.5, 0.6) is 5.75 Å². The molecule has 5 nitrogen and oxygen atoms in total. The van der Waals surface area contributed by atoms with Gasteiger partial charge in [0.1, 0.15) is 5.75 Å². The van der Waals surface area contributed by atoms with Crippen LogP contribution in [0.15, 0.2) is 58.3 Å². The molecule has 1 aliphatic heterocycles. The first-order chi connectivity index (χ1) is 16.0. The van der Waals surface area contributed by atoms with Crippen LogP contribution in [0.3, 0.4) is 0 Å². The van der Waals surface area contributed by atoms with Crippen molar-refractivity contribution in [3.63, 3.8) is 0 Å². The van der Waals surface area contributed by atoms with Crippen LogP contribution < -0.4 is 4.74 Å². The number of rotatable bonds is 7. The molecule has 0 radical (unpaired) electrons. The van der Waals surface area contributed by atoms with E-state index in [9.17, 15) is 8.42 Å². The average Bonchev–Trinajstić information content (AvgIpc) is 3.15. The first kappa shape index (κ1) is 24.2. The predicted octanol–water partition coefficient (Wildman–Crippen LogP) is 5.32. The maximum atomic E-state index is 13.1. The van der Waals surface area contributed by atoms with Crippen LogP contribution in [-0.4, -0.2) is 57.5 Å². The summed E-state index contributed by atoms with van der Waals surface area (Å²) in [5.41, 5.74) is 1.20. The van der Waals surface area contributed by atoms with Crippen molar-refractivity contribution in [1.82, 2.24) is 9.80 Å². The molecule has 2 fully saturated rings. The molecule has 1 atom stereocenters. The Morgan fingerprint density at radius 2 is 1.58 bits per heavy atom. The zero-order valence-corrected chi connectivity index (χ0v) is 20.9. The summed E-state index contributed by atoms with van der Waals surface area (Å²) in [5, 5.41) is 0. The van der Waals surface area contributed by atoms with Gasteiger partial charge in [-0.15, -0.1) is 0 Å². The molecule has 0 N–H and O–H groups in total. The number of sulfone groups is 1. The van der Waals surface area contributed by atoms with E-state index in [1.165, 1.54) is 44.1 Å². The van der Waals surface area contributed by atoms with Gasteiger partial charge in [0.25, 0.3) is 0 Å². The van der Waals surface area contributed by atoms with Crippen LogP contribution in [0.1, 0.15) is 63.5 Å². The quantitative estimate of drug-likeness (QED) is 0.513. The summed E-state index contributed by atoms with van der Waals surface area (Å²) in [6.45, 7) is 6.67. The Balaban J connectivity index is 1.43. The number of methoxy groups -OCH3 is 1. The lowest BCUT2D eigenvalue weighted by Gasteiger charge is -2.42. The van der Waals surface area contributed by atoms with Gasteiger partial charge in [0.2, 0.25) is 9.84 Å². The Morgan fingerprint density at radius 3 is 2.18 bits per heavy atom. The SMILES string of the molecule is CCC(c1ccc(S(=O)(=O)c2cccc(OC)c2)cc1)N1CCN(C2CCCCCC2)CC1. The molecule has 1 unspecified atom stereocenters. The first-order valence-corrected chi connectivity index (χ1v) is 14.0. The van der Waals surface area contributed by atoms with Gasteiger partial charge in [-0.25, -0.2) is 8.42 Å². The van der Waals surface area contributed by atoms with E-state index in [0.29, 0.717) is 16.7 Å². The van der Waals surface area contributed by atoms with Crippen molar-refractivity contribution in [3.05, 3.63) is 54.1 Å². The fourth-order valence-corrected chi connectivity index (χ4v) is 6.81. The monoisotopic (exact) mass is 470 g/mol. The molecule has 2 aromatic carbocycles. The third-order valence-electron chi connectivity index (χ3n) is 7.44. The highest BCUT2D eigenvalue weighted by Gasteiger charge is 2.28. The molecule has 0 bridgehead atoms. The topological polar surface area (TPSA) is 49.9 Å². The molecule has 2 aliphatic rings. The second-order valence-corrected chi connectivity index (χ2v) is 11.3. The number of hydrogen-bond donors (Lipinski definition) is 0. The number of benzene rings is 2. The van der Waals surface area contributed by atoms with Crippen molar-refractivity contribution < 1.29 is 13.2 Å². The fourth-order valence-electron chi connectivity index (χ4n) is 5.52. The van der Waals surface area contributed by atoms with Gasteiger partial charge in [-0.3, -0.25) is 9.80 Å². The number of piperazine rings is 1. The van der Waals surface area contributed by atoms with E-state index in [2.05, 4.69) is 16.7 Å². The van der Waals surface area contributed by atoms with Gasteiger partial charge >= 0.3 is 0 Å². The number of nitrogens with zero attached hydrogens (tertiary/aromatic N) is 2. The maximum absolute atomic E-state index is 13.1. The summed E-state index contributed by atoms with van der Waals surface area (Å²) in [7, 11) is -2.03. The summed E-state index contributed by atoms with van der Waals surface area (Å²) in [4.78, 5) is 5.89. The summed E-state index contributed by atoms with van der Waals surface area (Å²) in [6, 6.07) is 15.3. The molecule has 33 heavy (non-hydrogen) atoms. The van der Waals surface area contributed by atoms with Crippen LogP contribution in [0.4, 0.5) is 0 Å². The molecule has 2 aromatic rings. The average molecular weight is 471 g/mol. The predicted molar refractivity (Wildman–Crippen MR) is 133 cm³/mol. The molecule has 1 aliphatic carbocycles. The summed E-state index contributed by atoms with van der Waals surface area (Å²) < 4.78 is 31.4. The van der Waals surface area contributed by atoms with Crippen LogP contribution in [0, 0.1) is 0 Å². The van der Waals surface area contributed by atoms with E-state index < -0.39 is 9.84 Å². The van der Waals surface area contributed by atoms with Crippen molar-refractivity contribution in [2.75, 3.05) is 33.3 Å². The van der Waals surface area contributed by atoms with Crippen molar-refractivity contribution >= 4 is 9.84 Å². The minimum atomic E-state index is -3.57. The first-order valence-electron chi connectivity index (χ1n) is 12.5. The van der Waals surface area contributed by atoms with Crippen molar-refractivity contribution in [2.24, 2.45) is 0 Å². The highest BCUT2D eigenvalue weighted by Crippen LogP contribution is 2.30. The van der Waals surface area contributed by atoms with Crippen molar-refractivity contribution in [3.8, 4) is 5.75 Å². The lowest BCUT2D eigenvalue weighted by molar-refractivity contribution is 0.0621.